The number of likely N-dealkylation sites (N-methyl/N-ethyl adjacent to an activating group) is 1. The van der Waals surface area contributed by atoms with Crippen LogP contribution in [0.4, 0.5) is 0 Å². The molecule has 0 N–H and O–H groups in total. The van der Waals surface area contributed by atoms with E-state index >= 15 is 0 Å². The van der Waals surface area contributed by atoms with Gasteiger partial charge in [0.05, 0.1) is 6.04 Å². The molecule has 0 spiro atoms. The fourth-order valence-corrected chi connectivity index (χ4v) is 1.63. The van der Waals surface area contributed by atoms with Gasteiger partial charge in [0.25, 0.3) is 0 Å². The minimum absolute atomic E-state index is 0.244. The highest BCUT2D eigenvalue weighted by Gasteiger charge is 2.26. The van der Waals surface area contributed by atoms with Gasteiger partial charge in [-0.2, -0.15) is 0 Å². The molecule has 2 heterocycles. The molecule has 0 aliphatic carbocycles. The maximum atomic E-state index is 11.2. The second kappa shape index (κ2) is 2.66. The van der Waals surface area contributed by atoms with Crippen molar-refractivity contribution in [1.82, 2.24) is 9.47 Å². The van der Waals surface area contributed by atoms with Gasteiger partial charge in [-0.1, -0.05) is 0 Å². The van der Waals surface area contributed by atoms with Crippen LogP contribution in [0.3, 0.4) is 0 Å². The van der Waals surface area contributed by atoms with E-state index in [0.717, 1.165) is 6.54 Å². The summed E-state index contributed by atoms with van der Waals surface area (Å²) < 4.78 is 2.10. The molecule has 1 fully saturated rings. The number of likely N-dealkylation sites (tertiary alicyclic amines) is 1. The molecule has 0 radical (unpaired) electrons. The van der Waals surface area contributed by atoms with Crippen LogP contribution in [0.25, 0.3) is 0 Å². The molecule has 0 bridgehead atoms. The SMILES string of the molecule is CN1CC(n2cccc2)CC1=O. The Morgan fingerprint density at radius 3 is 2.58 bits per heavy atom. The molecular formula is C9H12N2O. The summed E-state index contributed by atoms with van der Waals surface area (Å²) in [6, 6.07) is 4.32. The predicted octanol–water partition coefficient (Wildman–Crippen LogP) is 0.891. The number of hydrogen-bond donors (Lipinski definition) is 0. The van der Waals surface area contributed by atoms with Crippen molar-refractivity contribution in [1.29, 1.82) is 0 Å². The molecule has 1 unspecified atom stereocenters. The average molecular weight is 164 g/mol. The number of amides is 1. The molecule has 3 heteroatoms. The number of rotatable bonds is 1. The third-order valence-electron chi connectivity index (χ3n) is 2.37. The Morgan fingerprint density at radius 2 is 2.08 bits per heavy atom. The summed E-state index contributed by atoms with van der Waals surface area (Å²) in [5.74, 6) is 0.244. The first-order chi connectivity index (χ1) is 5.77. The van der Waals surface area contributed by atoms with Gasteiger partial charge in [0.15, 0.2) is 0 Å². The van der Waals surface area contributed by atoms with Crippen LogP contribution in [0, 0.1) is 0 Å². The first-order valence-corrected chi connectivity index (χ1v) is 4.14. The highest BCUT2D eigenvalue weighted by Crippen LogP contribution is 2.20. The minimum atomic E-state index is 0.244. The molecular weight excluding hydrogens is 152 g/mol. The van der Waals surface area contributed by atoms with Gasteiger partial charge < -0.3 is 9.47 Å². The summed E-state index contributed by atoms with van der Waals surface area (Å²) in [7, 11) is 1.85. The average Bonchev–Trinajstić information content (AvgIpc) is 2.61. The lowest BCUT2D eigenvalue weighted by atomic mass is 10.2. The smallest absolute Gasteiger partial charge is 0.224 e. The number of aromatic nitrogens is 1. The molecule has 2 rings (SSSR count). The standard InChI is InChI=1S/C9H12N2O/c1-10-7-8(6-9(10)12)11-4-2-3-5-11/h2-5,8H,6-7H2,1H3. The van der Waals surface area contributed by atoms with Crippen LogP contribution >= 0.6 is 0 Å². The van der Waals surface area contributed by atoms with Crippen molar-refractivity contribution < 1.29 is 4.79 Å². The third-order valence-corrected chi connectivity index (χ3v) is 2.37. The minimum Gasteiger partial charge on any atom is -0.349 e. The van der Waals surface area contributed by atoms with E-state index < -0.39 is 0 Å². The lowest BCUT2D eigenvalue weighted by Gasteiger charge is -2.11. The number of hydrogen-bond acceptors (Lipinski definition) is 1. The lowest BCUT2D eigenvalue weighted by Crippen LogP contribution is -2.19. The Morgan fingerprint density at radius 1 is 1.42 bits per heavy atom. The van der Waals surface area contributed by atoms with Crippen LogP contribution in [0.5, 0.6) is 0 Å². The van der Waals surface area contributed by atoms with E-state index in [0.29, 0.717) is 12.5 Å². The molecule has 12 heavy (non-hydrogen) atoms. The van der Waals surface area contributed by atoms with Crippen molar-refractivity contribution in [2.75, 3.05) is 13.6 Å². The molecule has 1 aliphatic rings. The van der Waals surface area contributed by atoms with Gasteiger partial charge in [0.2, 0.25) is 5.91 Å². The molecule has 1 aromatic heterocycles. The second-order valence-electron chi connectivity index (χ2n) is 3.26. The maximum absolute atomic E-state index is 11.2. The molecule has 64 valence electrons. The molecule has 1 amide bonds. The number of nitrogens with zero attached hydrogens (tertiary/aromatic N) is 2. The van der Waals surface area contributed by atoms with Crippen LogP contribution in [0.15, 0.2) is 24.5 Å². The van der Waals surface area contributed by atoms with Gasteiger partial charge in [-0.25, -0.2) is 0 Å². The van der Waals surface area contributed by atoms with E-state index in [1.54, 1.807) is 4.90 Å². The fourth-order valence-electron chi connectivity index (χ4n) is 1.63. The van der Waals surface area contributed by atoms with Gasteiger partial charge in [-0.3, -0.25) is 4.79 Å². The van der Waals surface area contributed by atoms with E-state index in [2.05, 4.69) is 4.57 Å². The summed E-state index contributed by atoms with van der Waals surface area (Å²) in [4.78, 5) is 13.0. The van der Waals surface area contributed by atoms with Gasteiger partial charge >= 0.3 is 0 Å². The van der Waals surface area contributed by atoms with Crippen molar-refractivity contribution in [2.45, 2.75) is 12.5 Å². The maximum Gasteiger partial charge on any atom is 0.224 e. The van der Waals surface area contributed by atoms with Crippen LogP contribution in [0.1, 0.15) is 12.5 Å². The summed E-state index contributed by atoms with van der Waals surface area (Å²) >= 11 is 0. The number of carbonyl (C=O) groups is 1. The summed E-state index contributed by atoms with van der Waals surface area (Å²) in [6.07, 6.45) is 4.67. The highest BCUT2D eigenvalue weighted by molar-refractivity contribution is 5.78. The molecule has 0 aromatic carbocycles. The van der Waals surface area contributed by atoms with Gasteiger partial charge in [0, 0.05) is 32.4 Å². The topological polar surface area (TPSA) is 25.2 Å². The monoisotopic (exact) mass is 164 g/mol. The molecule has 3 nitrogen and oxygen atoms in total. The summed E-state index contributed by atoms with van der Waals surface area (Å²) in [6.45, 7) is 0.841. The van der Waals surface area contributed by atoms with Crippen molar-refractivity contribution in [2.24, 2.45) is 0 Å². The van der Waals surface area contributed by atoms with Crippen LogP contribution in [-0.2, 0) is 4.79 Å². The lowest BCUT2D eigenvalue weighted by molar-refractivity contribution is -0.126. The number of carbonyl (C=O) groups excluding carboxylic acids is 1. The zero-order chi connectivity index (χ0) is 8.55. The van der Waals surface area contributed by atoms with Crippen molar-refractivity contribution in [3.8, 4) is 0 Å². The van der Waals surface area contributed by atoms with E-state index in [-0.39, 0.29) is 5.91 Å². The van der Waals surface area contributed by atoms with E-state index in [9.17, 15) is 4.79 Å². The van der Waals surface area contributed by atoms with Crippen LogP contribution in [-0.4, -0.2) is 29.0 Å². The van der Waals surface area contributed by atoms with Crippen molar-refractivity contribution in [3.05, 3.63) is 24.5 Å². The molecule has 0 saturated carbocycles. The predicted molar refractivity (Wildman–Crippen MR) is 45.7 cm³/mol. The Balaban J connectivity index is 2.14. The Bertz CT molecular complexity index is 279. The Kier molecular flexibility index (Phi) is 1.64. The summed E-state index contributed by atoms with van der Waals surface area (Å²) in [5, 5.41) is 0. The van der Waals surface area contributed by atoms with Gasteiger partial charge in [-0.05, 0) is 12.1 Å². The Hall–Kier alpha value is -1.25. The summed E-state index contributed by atoms with van der Waals surface area (Å²) in [5.41, 5.74) is 0. The van der Waals surface area contributed by atoms with Crippen molar-refractivity contribution >= 4 is 5.91 Å². The largest absolute Gasteiger partial charge is 0.349 e. The van der Waals surface area contributed by atoms with Crippen molar-refractivity contribution in [3.63, 3.8) is 0 Å². The first kappa shape index (κ1) is 7.40. The third kappa shape index (κ3) is 1.11. The quantitative estimate of drug-likeness (QED) is 0.605. The zero-order valence-electron chi connectivity index (χ0n) is 7.10. The molecule has 1 aromatic rings. The van der Waals surface area contributed by atoms with E-state index in [4.69, 9.17) is 0 Å². The van der Waals surface area contributed by atoms with E-state index in [1.165, 1.54) is 0 Å². The molecule has 1 atom stereocenters. The van der Waals surface area contributed by atoms with Crippen LogP contribution in [0.2, 0.25) is 0 Å². The fraction of sp³-hybridized carbons (Fsp3) is 0.444. The van der Waals surface area contributed by atoms with Crippen LogP contribution < -0.4 is 0 Å². The molecule has 1 aliphatic heterocycles. The Labute approximate surface area is 71.6 Å². The van der Waals surface area contributed by atoms with Gasteiger partial charge in [0.1, 0.15) is 0 Å². The second-order valence-corrected chi connectivity index (χ2v) is 3.26. The van der Waals surface area contributed by atoms with Gasteiger partial charge in [-0.15, -0.1) is 0 Å². The van der Waals surface area contributed by atoms with E-state index in [1.807, 2.05) is 31.6 Å². The molecule has 1 saturated heterocycles. The zero-order valence-corrected chi connectivity index (χ0v) is 7.10. The highest BCUT2D eigenvalue weighted by atomic mass is 16.2. The first-order valence-electron chi connectivity index (χ1n) is 4.14. The normalized spacial score (nSPS) is 23.6.